The number of hydrogen-bond acceptors (Lipinski definition) is 0. The Bertz CT molecular complexity index is 433. The quantitative estimate of drug-likeness (QED) is 0.591. The van der Waals surface area contributed by atoms with Gasteiger partial charge in [-0.1, -0.05) is 61.8 Å². The van der Waals surface area contributed by atoms with Crippen LogP contribution in [-0.2, 0) is 20.8 Å². The van der Waals surface area contributed by atoms with E-state index in [0.29, 0.717) is 0 Å². The first-order valence-corrected chi connectivity index (χ1v) is 15.4. The summed E-state index contributed by atoms with van der Waals surface area (Å²) in [5, 5.41) is 0. The van der Waals surface area contributed by atoms with Gasteiger partial charge in [-0.2, -0.15) is 0 Å². The topological polar surface area (TPSA) is 0 Å². The van der Waals surface area contributed by atoms with Gasteiger partial charge in [-0.25, -0.2) is 0 Å². The monoisotopic (exact) mass is 360 g/mol. The van der Waals surface area contributed by atoms with Gasteiger partial charge in [0.1, 0.15) is 0 Å². The number of hydrogen-bond donors (Lipinski definition) is 0. The van der Waals surface area contributed by atoms with E-state index in [-0.39, 0.29) is 0 Å². The van der Waals surface area contributed by atoms with Crippen molar-refractivity contribution in [3.8, 4) is 0 Å². The molecular formula is C13H16Cl2SiZr. The average molecular weight is 362 g/mol. The van der Waals surface area contributed by atoms with Crippen LogP contribution >= 0.6 is 17.0 Å². The molecule has 0 heterocycles. The first-order valence-electron chi connectivity index (χ1n) is 5.44. The molecule has 0 spiro atoms. The fourth-order valence-corrected chi connectivity index (χ4v) is 2.95. The van der Waals surface area contributed by atoms with Crippen molar-refractivity contribution in [2.24, 2.45) is 0 Å². The van der Waals surface area contributed by atoms with Gasteiger partial charge in [-0.15, -0.1) is 0 Å². The first-order chi connectivity index (χ1) is 7.98. The van der Waals surface area contributed by atoms with E-state index in [0.717, 1.165) is 0 Å². The molecule has 0 saturated carbocycles. The van der Waals surface area contributed by atoms with E-state index >= 15 is 0 Å². The van der Waals surface area contributed by atoms with E-state index in [1.54, 1.807) is 0 Å². The van der Waals surface area contributed by atoms with Crippen LogP contribution in [0, 0.1) is 0 Å². The molecule has 1 aromatic carbocycles. The maximum atomic E-state index is 4.93. The molecule has 0 saturated heterocycles. The fraction of sp³-hybridized carbons (Fsp3) is 0.231. The maximum absolute atomic E-state index is 4.93. The summed E-state index contributed by atoms with van der Waals surface area (Å²) in [7, 11) is 8.76. The molecule has 0 radical (unpaired) electrons. The molecule has 0 N–H and O–H groups in total. The molecule has 0 aromatic heterocycles. The molecule has 2 rings (SSSR count). The molecule has 0 aliphatic heterocycles. The van der Waals surface area contributed by atoms with E-state index < -0.39 is 28.9 Å². The van der Waals surface area contributed by atoms with Crippen molar-refractivity contribution in [1.29, 1.82) is 0 Å². The Labute approximate surface area is 123 Å². The Morgan fingerprint density at radius 1 is 1.06 bits per heavy atom. The van der Waals surface area contributed by atoms with Crippen LogP contribution in [0.4, 0.5) is 0 Å². The molecule has 0 bridgehead atoms. The Kier molecular flexibility index (Phi) is 6.44. The van der Waals surface area contributed by atoms with E-state index in [4.69, 9.17) is 17.0 Å². The zero-order chi connectivity index (χ0) is 12.9. The third-order valence-electron chi connectivity index (χ3n) is 2.30. The summed E-state index contributed by atoms with van der Waals surface area (Å²) in [6.45, 7) is 7.11. The molecule has 1 aromatic rings. The van der Waals surface area contributed by atoms with Crippen molar-refractivity contribution in [2.45, 2.75) is 19.6 Å². The molecule has 0 amide bonds. The van der Waals surface area contributed by atoms with Crippen molar-refractivity contribution in [1.82, 2.24) is 0 Å². The molecule has 0 atom stereocenters. The van der Waals surface area contributed by atoms with Crippen LogP contribution < -0.4 is 0 Å². The van der Waals surface area contributed by atoms with E-state index in [1.165, 1.54) is 16.7 Å². The number of allylic oxidation sites excluding steroid dienone is 2. The van der Waals surface area contributed by atoms with Gasteiger partial charge in [0.15, 0.2) is 0 Å². The first kappa shape index (κ1) is 15.4. The van der Waals surface area contributed by atoms with Crippen LogP contribution in [0.2, 0.25) is 19.6 Å². The molecule has 0 fully saturated rings. The minimum absolute atomic E-state index is 0.826. The summed E-state index contributed by atoms with van der Waals surface area (Å²) in [5.41, 5.74) is 6.64. The Balaban J connectivity index is 0.000000437. The number of halogens is 2. The molecule has 4 heteroatoms. The van der Waals surface area contributed by atoms with Crippen LogP contribution in [0.15, 0.2) is 36.0 Å². The summed E-state index contributed by atoms with van der Waals surface area (Å²) in [6, 6.07) is 8.60. The van der Waals surface area contributed by atoms with Crippen molar-refractivity contribution in [3.63, 3.8) is 0 Å². The molecule has 1 aliphatic rings. The van der Waals surface area contributed by atoms with Gasteiger partial charge in [0.05, 0.1) is 8.07 Å². The van der Waals surface area contributed by atoms with Gasteiger partial charge < -0.3 is 0 Å². The predicted molar refractivity (Wildman–Crippen MR) is 78.5 cm³/mol. The van der Waals surface area contributed by atoms with Crippen LogP contribution in [0.3, 0.4) is 0 Å². The Hall–Kier alpha value is 0.380. The standard InChI is InChI=1S/C13H16Si.2ClH.Zr/c1-14(2,3)10-12-9-8-11-6-4-5-7-13(11)12;;;/h4-10H,1-3H3;2*1H;/q;;;+2/p-2. The van der Waals surface area contributed by atoms with Gasteiger partial charge in [0.25, 0.3) is 0 Å². The SMILES string of the molecule is C[Si](C)(C)C=C1C=Cc2ccccc21.[Cl][Zr][Cl]. The zero-order valence-corrected chi connectivity index (χ0v) is 15.3. The summed E-state index contributed by atoms with van der Waals surface area (Å²) in [6.07, 6.45) is 4.45. The molecular weight excluding hydrogens is 346 g/mol. The number of benzene rings is 1. The van der Waals surface area contributed by atoms with Gasteiger partial charge >= 0.3 is 37.9 Å². The van der Waals surface area contributed by atoms with Crippen LogP contribution in [0.1, 0.15) is 11.1 Å². The van der Waals surface area contributed by atoms with Gasteiger partial charge in [0.2, 0.25) is 0 Å². The molecule has 17 heavy (non-hydrogen) atoms. The number of rotatable bonds is 1. The Morgan fingerprint density at radius 3 is 2.24 bits per heavy atom. The van der Waals surface area contributed by atoms with E-state index in [1.807, 2.05) is 0 Å². The molecule has 0 unspecified atom stereocenters. The van der Waals surface area contributed by atoms with Crippen molar-refractivity contribution in [2.75, 3.05) is 0 Å². The van der Waals surface area contributed by atoms with Crippen molar-refractivity contribution in [3.05, 3.63) is 47.2 Å². The molecule has 0 nitrogen and oxygen atoms in total. The molecule has 1 aliphatic carbocycles. The summed E-state index contributed by atoms with van der Waals surface area (Å²) in [5.74, 6) is 0. The van der Waals surface area contributed by atoms with Gasteiger partial charge in [-0.05, 0) is 16.7 Å². The second kappa shape index (κ2) is 7.09. The minimum atomic E-state index is -1.10. The van der Waals surface area contributed by atoms with Crippen molar-refractivity contribution >= 4 is 36.7 Å². The Morgan fingerprint density at radius 2 is 1.65 bits per heavy atom. The third-order valence-corrected chi connectivity index (χ3v) is 3.48. The van der Waals surface area contributed by atoms with Crippen molar-refractivity contribution < 1.29 is 20.8 Å². The fourth-order valence-electron chi connectivity index (χ4n) is 1.77. The van der Waals surface area contributed by atoms with Crippen LogP contribution in [-0.4, -0.2) is 8.07 Å². The second-order valence-corrected chi connectivity index (χ2v) is 13.7. The average Bonchev–Trinajstić information content (AvgIpc) is 2.61. The zero-order valence-electron chi connectivity index (χ0n) is 10.3. The van der Waals surface area contributed by atoms with Gasteiger partial charge in [0, 0.05) is 0 Å². The summed E-state index contributed by atoms with van der Waals surface area (Å²) in [4.78, 5) is 0. The second-order valence-electron chi connectivity index (χ2n) is 4.96. The van der Waals surface area contributed by atoms with E-state index in [2.05, 4.69) is 61.8 Å². The normalized spacial score (nSPS) is 15.2. The summed E-state index contributed by atoms with van der Waals surface area (Å²) >= 11 is -0.826. The summed E-state index contributed by atoms with van der Waals surface area (Å²) < 4.78 is 0. The third kappa shape index (κ3) is 5.26. The van der Waals surface area contributed by atoms with E-state index in [9.17, 15) is 0 Å². The predicted octanol–water partition coefficient (Wildman–Crippen LogP) is 5.35. The van der Waals surface area contributed by atoms with Crippen LogP contribution in [0.5, 0.6) is 0 Å². The van der Waals surface area contributed by atoms with Gasteiger partial charge in [-0.3, -0.25) is 0 Å². The van der Waals surface area contributed by atoms with Crippen LogP contribution in [0.25, 0.3) is 11.6 Å². The molecule has 90 valence electrons. The number of fused-ring (bicyclic) bond motifs is 1.